The Morgan fingerprint density at radius 3 is 1.80 bits per heavy atom. The second-order valence-electron chi connectivity index (χ2n) is 14.4. The summed E-state index contributed by atoms with van der Waals surface area (Å²) in [5.74, 6) is 8.00. The molecular weight excluding hydrogens is 857 g/mol. The summed E-state index contributed by atoms with van der Waals surface area (Å²) in [6, 6.07) is 53.4. The molecule has 0 aliphatic rings. The van der Waals surface area contributed by atoms with Gasteiger partial charge in [-0.25, -0.2) is 0 Å². The number of rotatable bonds is 6. The molecule has 0 aliphatic heterocycles. The number of hydrogen-bond acceptors (Lipinski definition) is 2. The number of fused-ring (bicyclic) bond motifs is 6. The van der Waals surface area contributed by atoms with Crippen LogP contribution in [0.4, 0.5) is 0 Å². The van der Waals surface area contributed by atoms with Crippen LogP contribution >= 0.6 is 0 Å². The molecule has 51 heavy (non-hydrogen) atoms. The van der Waals surface area contributed by atoms with E-state index in [1.54, 1.807) is 6.20 Å². The topological polar surface area (TPSA) is 25.8 Å². The summed E-state index contributed by atoms with van der Waals surface area (Å²) in [6.07, 6.45) is 5.08. The van der Waals surface area contributed by atoms with Gasteiger partial charge in [-0.3, -0.25) is 0 Å². The summed E-state index contributed by atoms with van der Waals surface area (Å²) in [5.41, 5.74) is 7.98. The Balaban J connectivity index is 0.000000200. The molecule has 0 atom stereocenters. The molecule has 2 heterocycles. The van der Waals surface area contributed by atoms with E-state index in [2.05, 4.69) is 145 Å². The molecular formula is C47H42GeIrN2-2. The number of benzene rings is 6. The van der Waals surface area contributed by atoms with Gasteiger partial charge in [0.2, 0.25) is 0 Å². The summed E-state index contributed by atoms with van der Waals surface area (Å²) in [7, 11) is 0. The molecule has 0 fully saturated rings. The van der Waals surface area contributed by atoms with Crippen molar-refractivity contribution in [2.75, 3.05) is 0 Å². The molecule has 0 aliphatic carbocycles. The molecule has 2 aromatic heterocycles. The van der Waals surface area contributed by atoms with E-state index in [1.807, 2.05) is 42.5 Å². The van der Waals surface area contributed by atoms with Crippen molar-refractivity contribution in [1.82, 2.24) is 9.97 Å². The van der Waals surface area contributed by atoms with Crippen molar-refractivity contribution >= 4 is 50.0 Å². The maximum absolute atomic E-state index is 4.95. The maximum Gasteiger partial charge on any atom is 0.0160 e. The van der Waals surface area contributed by atoms with Crippen LogP contribution < -0.4 is 4.40 Å². The second kappa shape index (κ2) is 15.9. The maximum atomic E-state index is 4.95. The average Bonchev–Trinajstić information content (AvgIpc) is 3.15. The van der Waals surface area contributed by atoms with Gasteiger partial charge in [0.15, 0.2) is 0 Å². The normalized spacial score (nSPS) is 11.3. The first-order valence-corrected chi connectivity index (χ1v) is 24.8. The number of nitrogens with zero attached hydrogens (tertiary/aromatic N) is 2. The van der Waals surface area contributed by atoms with Gasteiger partial charge in [-0.15, -0.1) is 35.4 Å². The fourth-order valence-corrected chi connectivity index (χ4v) is 10.2. The second-order valence-corrected chi connectivity index (χ2v) is 25.0. The molecule has 6 aromatic carbocycles. The van der Waals surface area contributed by atoms with Gasteiger partial charge in [0.05, 0.1) is 0 Å². The third kappa shape index (κ3) is 8.07. The number of pyridine rings is 2. The first-order chi connectivity index (χ1) is 24.3. The van der Waals surface area contributed by atoms with Gasteiger partial charge in [0, 0.05) is 26.3 Å². The monoisotopic (exact) mass is 901 g/mol. The third-order valence-electron chi connectivity index (χ3n) is 9.23. The van der Waals surface area contributed by atoms with Crippen LogP contribution in [0.3, 0.4) is 0 Å². The van der Waals surface area contributed by atoms with Gasteiger partial charge < -0.3 is 4.98 Å². The number of hydrogen-bond donors (Lipinski definition) is 0. The van der Waals surface area contributed by atoms with Gasteiger partial charge >= 0.3 is 194 Å². The van der Waals surface area contributed by atoms with Crippen molar-refractivity contribution in [3.63, 3.8) is 0 Å². The zero-order valence-corrected chi connectivity index (χ0v) is 34.4. The first-order valence-electron chi connectivity index (χ1n) is 17.5. The van der Waals surface area contributed by atoms with Gasteiger partial charge in [0.25, 0.3) is 0 Å². The van der Waals surface area contributed by atoms with Crippen LogP contribution in [0.1, 0.15) is 19.4 Å². The van der Waals surface area contributed by atoms with Crippen LogP contribution in [0.2, 0.25) is 17.3 Å². The Bertz CT molecular complexity index is 2330. The predicted molar refractivity (Wildman–Crippen MR) is 216 cm³/mol. The van der Waals surface area contributed by atoms with E-state index in [9.17, 15) is 0 Å². The summed E-state index contributed by atoms with van der Waals surface area (Å²) in [6.45, 7) is 4.61. The molecule has 2 nitrogen and oxygen atoms in total. The van der Waals surface area contributed by atoms with Crippen LogP contribution in [0.15, 0.2) is 146 Å². The molecule has 0 spiro atoms. The Hall–Kier alpha value is -4.41. The Morgan fingerprint density at radius 1 is 0.569 bits per heavy atom. The van der Waals surface area contributed by atoms with Gasteiger partial charge in [-0.1, -0.05) is 42.5 Å². The molecule has 0 unspecified atom stereocenters. The summed E-state index contributed by atoms with van der Waals surface area (Å²) in [5, 5.41) is 7.71. The molecule has 0 saturated heterocycles. The Labute approximate surface area is 318 Å². The summed E-state index contributed by atoms with van der Waals surface area (Å²) < 4.78 is 1.53. The van der Waals surface area contributed by atoms with Gasteiger partial charge in [-0.05, 0) is 17.3 Å². The standard InChI is InChI=1S/C30H30GeN.C17H12N.Ir/c1-20(2)16-22-18-30(32-19-29(22)31(3,4)5)21-14-15-27-25-12-7-6-10-23(25)24-11-8-9-13-26(24)28(27)17-21;1-2-7-14(8-3-1)15-9-6-10-16(13-15)17-11-4-5-12-18-17;/h6-13,15,17-20H,16H2,1-5H3;1-9,11-13H;/q2*-1;. The van der Waals surface area contributed by atoms with Crippen molar-refractivity contribution < 1.29 is 20.1 Å². The molecule has 4 heteroatoms. The van der Waals surface area contributed by atoms with E-state index in [1.165, 1.54) is 53.4 Å². The van der Waals surface area contributed by atoms with Crippen LogP contribution in [-0.2, 0) is 26.5 Å². The van der Waals surface area contributed by atoms with E-state index in [-0.39, 0.29) is 20.1 Å². The zero-order chi connectivity index (χ0) is 34.7. The summed E-state index contributed by atoms with van der Waals surface area (Å²) in [4.78, 5) is 9.30. The van der Waals surface area contributed by atoms with Crippen LogP contribution in [0, 0.1) is 18.1 Å². The van der Waals surface area contributed by atoms with Crippen LogP contribution in [0.5, 0.6) is 0 Å². The average molecular weight is 900 g/mol. The molecule has 0 bridgehead atoms. The fraction of sp³-hybridized carbons (Fsp3) is 0.149. The van der Waals surface area contributed by atoms with Crippen molar-refractivity contribution in [3.8, 4) is 33.6 Å². The van der Waals surface area contributed by atoms with E-state index in [0.29, 0.717) is 5.92 Å². The van der Waals surface area contributed by atoms with Gasteiger partial charge in [-0.2, -0.15) is 0 Å². The van der Waals surface area contributed by atoms with Crippen LogP contribution in [-0.4, -0.2) is 23.2 Å². The molecule has 0 amide bonds. The predicted octanol–water partition coefficient (Wildman–Crippen LogP) is 12.0. The van der Waals surface area contributed by atoms with Crippen molar-refractivity contribution in [1.29, 1.82) is 0 Å². The Morgan fingerprint density at radius 2 is 1.18 bits per heavy atom. The Kier molecular flexibility index (Phi) is 11.3. The first kappa shape index (κ1) is 36.4. The molecule has 255 valence electrons. The van der Waals surface area contributed by atoms with Crippen molar-refractivity contribution in [2.24, 2.45) is 5.92 Å². The minimum absolute atomic E-state index is 0. The quantitative estimate of drug-likeness (QED) is 0.0944. The molecule has 1 radical (unpaired) electrons. The largest absolute Gasteiger partial charge is 0.305 e. The smallest absolute Gasteiger partial charge is 0.0160 e. The molecule has 0 saturated carbocycles. The summed E-state index contributed by atoms with van der Waals surface area (Å²) >= 11 is -1.99. The van der Waals surface area contributed by atoms with Crippen molar-refractivity contribution in [2.45, 2.75) is 37.5 Å². The van der Waals surface area contributed by atoms with E-state index >= 15 is 0 Å². The molecule has 8 aromatic rings. The van der Waals surface area contributed by atoms with E-state index < -0.39 is 13.3 Å². The minimum Gasteiger partial charge on any atom is -0.305 e. The van der Waals surface area contributed by atoms with E-state index in [4.69, 9.17) is 4.98 Å². The van der Waals surface area contributed by atoms with Crippen molar-refractivity contribution in [3.05, 3.63) is 164 Å². The van der Waals surface area contributed by atoms with E-state index in [0.717, 1.165) is 28.9 Å². The molecule has 8 rings (SSSR count). The minimum atomic E-state index is -1.99. The molecule has 0 N–H and O–H groups in total. The van der Waals surface area contributed by atoms with Gasteiger partial charge in [0.1, 0.15) is 0 Å². The fourth-order valence-electron chi connectivity index (χ4n) is 6.87. The zero-order valence-electron chi connectivity index (χ0n) is 29.9. The number of aromatic nitrogens is 2. The van der Waals surface area contributed by atoms with Crippen LogP contribution in [0.25, 0.3) is 66.0 Å². The SMILES string of the molecule is CC(C)Cc1cc(-c2[c-]cc3c4ccccc4c4ccccc4c3c2)nc[c]1[Ge]([CH3])([CH3])[CH3].[Ir].[c-]1ccc(-c2ccccc2)cc1-c1ccccn1. The third-order valence-corrected chi connectivity index (χ3v) is 13.6.